The molecule has 0 amide bonds. The predicted octanol–water partition coefficient (Wildman–Crippen LogP) is 8.13. The summed E-state index contributed by atoms with van der Waals surface area (Å²) in [5.74, 6) is 2.35. The highest BCUT2D eigenvalue weighted by molar-refractivity contribution is 5.76. The Morgan fingerprint density at radius 3 is 2.34 bits per heavy atom. The zero-order valence-electron chi connectivity index (χ0n) is 23.9. The van der Waals surface area contributed by atoms with Crippen molar-refractivity contribution >= 4 is 5.97 Å². The maximum atomic E-state index is 12.9. The summed E-state index contributed by atoms with van der Waals surface area (Å²) < 4.78 is 6.12. The molecule has 0 bridgehead atoms. The van der Waals surface area contributed by atoms with Crippen molar-refractivity contribution in [1.29, 1.82) is 0 Å². The number of carboxylic acid groups (broad SMARTS) is 1. The first-order chi connectivity index (χ1) is 16.3. The van der Waals surface area contributed by atoms with Crippen molar-refractivity contribution < 1.29 is 14.6 Å². The van der Waals surface area contributed by atoms with Crippen LogP contribution in [0.4, 0.5) is 0 Å². The minimum atomic E-state index is -0.798. The van der Waals surface area contributed by atoms with Crippen molar-refractivity contribution in [2.75, 3.05) is 6.61 Å². The Bertz CT molecular complexity index is 908. The van der Waals surface area contributed by atoms with Gasteiger partial charge in [-0.15, -0.1) is 0 Å². The molecular weight excluding hydrogens is 432 g/mol. The van der Waals surface area contributed by atoms with Gasteiger partial charge in [-0.2, -0.15) is 0 Å². The van der Waals surface area contributed by atoms with Crippen LogP contribution < -0.4 is 0 Å². The second kappa shape index (κ2) is 8.08. The lowest BCUT2D eigenvalue weighted by Gasteiger charge is -2.71. The average molecular weight is 485 g/mol. The highest BCUT2D eigenvalue weighted by atomic mass is 16.5. The van der Waals surface area contributed by atoms with Gasteiger partial charge in [0.1, 0.15) is 0 Å². The highest BCUT2D eigenvalue weighted by Crippen LogP contribution is 2.75. The fourth-order valence-electron chi connectivity index (χ4n) is 11.3. The molecule has 0 heterocycles. The molecule has 3 heteroatoms. The maximum Gasteiger partial charge on any atom is 0.312 e. The molecule has 1 N–H and O–H groups in total. The van der Waals surface area contributed by atoms with E-state index in [-0.39, 0.29) is 28.3 Å². The molecule has 3 nitrogen and oxygen atoms in total. The molecule has 198 valence electrons. The van der Waals surface area contributed by atoms with Crippen LogP contribution in [0, 0.1) is 56.7 Å². The Labute approximate surface area is 214 Å². The Balaban J connectivity index is 1.57. The van der Waals surface area contributed by atoms with Crippen LogP contribution in [-0.2, 0) is 9.53 Å². The highest BCUT2D eigenvalue weighted by Gasteiger charge is 2.70. The van der Waals surface area contributed by atoms with E-state index in [1.165, 1.54) is 25.7 Å². The summed E-state index contributed by atoms with van der Waals surface area (Å²) in [5.41, 5.74) is 1.98. The molecule has 5 aliphatic rings. The molecule has 0 aromatic carbocycles. The number of hydrogen-bond acceptors (Lipinski definition) is 2. The van der Waals surface area contributed by atoms with Gasteiger partial charge in [0.15, 0.2) is 0 Å². The van der Waals surface area contributed by atoms with Crippen LogP contribution in [0.15, 0.2) is 11.6 Å². The molecule has 5 rings (SSSR count). The molecule has 11 atom stereocenters. The van der Waals surface area contributed by atoms with Crippen LogP contribution >= 0.6 is 0 Å². The summed E-state index contributed by atoms with van der Waals surface area (Å²) in [6.45, 7) is 20.0. The molecule has 35 heavy (non-hydrogen) atoms. The van der Waals surface area contributed by atoms with Crippen LogP contribution in [0.25, 0.3) is 0 Å². The van der Waals surface area contributed by atoms with Gasteiger partial charge < -0.3 is 9.84 Å². The minimum absolute atomic E-state index is 0.0466. The Hall–Kier alpha value is -0.830. The van der Waals surface area contributed by atoms with E-state index in [4.69, 9.17) is 4.74 Å². The van der Waals surface area contributed by atoms with Gasteiger partial charge in [0.25, 0.3) is 0 Å². The number of fused-ring (bicyclic) bond motifs is 7. The van der Waals surface area contributed by atoms with Crippen molar-refractivity contribution in [3.63, 3.8) is 0 Å². The van der Waals surface area contributed by atoms with E-state index in [9.17, 15) is 9.90 Å². The lowest BCUT2D eigenvalue weighted by Crippen LogP contribution is -2.66. The first-order valence-corrected chi connectivity index (χ1v) is 14.8. The van der Waals surface area contributed by atoms with Gasteiger partial charge >= 0.3 is 5.97 Å². The normalized spacial score (nSPS) is 55.6. The second-order valence-corrected chi connectivity index (χ2v) is 14.9. The van der Waals surface area contributed by atoms with E-state index in [2.05, 4.69) is 47.6 Å². The third kappa shape index (κ3) is 3.15. The number of ether oxygens (including phenoxy) is 1. The topological polar surface area (TPSA) is 46.5 Å². The van der Waals surface area contributed by atoms with E-state index in [0.29, 0.717) is 23.9 Å². The number of hydrogen-bond donors (Lipinski definition) is 1. The van der Waals surface area contributed by atoms with Crippen molar-refractivity contribution in [2.45, 2.75) is 119 Å². The van der Waals surface area contributed by atoms with Crippen LogP contribution in [0.2, 0.25) is 0 Å². The maximum absolute atomic E-state index is 12.9. The van der Waals surface area contributed by atoms with Crippen LogP contribution in [-0.4, -0.2) is 23.8 Å². The molecule has 0 spiro atoms. The van der Waals surface area contributed by atoms with Crippen LogP contribution in [0.3, 0.4) is 0 Å². The smallest absolute Gasteiger partial charge is 0.312 e. The Kier molecular flexibility index (Phi) is 5.96. The van der Waals surface area contributed by atoms with Crippen molar-refractivity contribution in [3.8, 4) is 0 Å². The van der Waals surface area contributed by atoms with Gasteiger partial charge in [0.2, 0.25) is 0 Å². The summed E-state index contributed by atoms with van der Waals surface area (Å²) in [5, 5.41) is 10.6. The fraction of sp³-hybridized carbons (Fsp3) is 0.906. The SMILES string of the molecule is CCO[C@@H]1CC[C@@]2(C)C(CC[C@]3(C)C2CC=C2C4[C@@H](C)[C@H](C)CC[C@]4(C)CC[C@]23C)[C@@]1(C)C(=O)O. The van der Waals surface area contributed by atoms with E-state index in [1.54, 1.807) is 5.57 Å². The van der Waals surface area contributed by atoms with Crippen LogP contribution in [0.1, 0.15) is 113 Å². The number of rotatable bonds is 3. The van der Waals surface area contributed by atoms with E-state index in [0.717, 1.165) is 43.9 Å². The van der Waals surface area contributed by atoms with Gasteiger partial charge in [-0.25, -0.2) is 0 Å². The van der Waals surface area contributed by atoms with Gasteiger partial charge in [0, 0.05) is 6.61 Å². The first-order valence-electron chi connectivity index (χ1n) is 14.8. The molecule has 0 radical (unpaired) electrons. The monoisotopic (exact) mass is 484 g/mol. The average Bonchev–Trinajstić information content (AvgIpc) is 2.79. The molecule has 0 aromatic heterocycles. The standard InChI is InChI=1S/C32H52O3/c1-9-35-25-14-16-29(5)23-11-10-22-26-21(3)20(2)12-15-28(26,4)18-19-30(22,6)31(23,7)17-13-24(29)32(25,8)27(33)34/h10,20-21,23-26H,9,11-19H2,1-8H3,(H,33,34)/t20-,21+,23?,24?,25-,26?,28-,29-,30-,31-,32-/m1/s1. The number of carboxylic acids is 1. The van der Waals surface area contributed by atoms with Crippen LogP contribution in [0.5, 0.6) is 0 Å². The molecule has 0 aromatic rings. The second-order valence-electron chi connectivity index (χ2n) is 14.9. The third-order valence-electron chi connectivity index (χ3n) is 13.8. The number of aliphatic carboxylic acids is 1. The lowest BCUT2D eigenvalue weighted by atomic mass is 9.33. The molecular formula is C32H52O3. The molecule has 5 aliphatic carbocycles. The molecule has 4 saturated carbocycles. The summed E-state index contributed by atoms with van der Waals surface area (Å²) in [6.07, 6.45) is 13.2. The largest absolute Gasteiger partial charge is 0.481 e. The summed E-state index contributed by atoms with van der Waals surface area (Å²) in [6, 6.07) is 0. The third-order valence-corrected chi connectivity index (χ3v) is 13.8. The Morgan fingerprint density at radius 2 is 1.69 bits per heavy atom. The summed E-state index contributed by atoms with van der Waals surface area (Å²) >= 11 is 0. The van der Waals surface area contributed by atoms with Gasteiger partial charge in [-0.1, -0.05) is 53.2 Å². The van der Waals surface area contributed by atoms with E-state index >= 15 is 0 Å². The molecule has 0 aliphatic heterocycles. The first kappa shape index (κ1) is 25.8. The zero-order chi connectivity index (χ0) is 25.6. The molecule has 0 saturated heterocycles. The number of carbonyl (C=O) groups is 1. The van der Waals surface area contributed by atoms with E-state index < -0.39 is 11.4 Å². The summed E-state index contributed by atoms with van der Waals surface area (Å²) in [7, 11) is 0. The van der Waals surface area contributed by atoms with Gasteiger partial charge in [0.05, 0.1) is 11.5 Å². The Morgan fingerprint density at radius 1 is 0.971 bits per heavy atom. The number of allylic oxidation sites excluding steroid dienone is 2. The zero-order valence-corrected chi connectivity index (χ0v) is 23.9. The van der Waals surface area contributed by atoms with Gasteiger partial charge in [-0.3, -0.25) is 4.79 Å². The van der Waals surface area contributed by atoms with E-state index in [1.807, 2.05) is 13.8 Å². The summed E-state index contributed by atoms with van der Waals surface area (Å²) in [4.78, 5) is 12.9. The quantitative estimate of drug-likeness (QED) is 0.411. The lowest BCUT2D eigenvalue weighted by molar-refractivity contribution is -0.223. The molecule has 4 fully saturated rings. The predicted molar refractivity (Wildman–Crippen MR) is 142 cm³/mol. The fourth-order valence-corrected chi connectivity index (χ4v) is 11.3. The minimum Gasteiger partial charge on any atom is -0.481 e. The van der Waals surface area contributed by atoms with Crippen molar-refractivity contribution in [1.82, 2.24) is 0 Å². The van der Waals surface area contributed by atoms with Crippen molar-refractivity contribution in [2.24, 2.45) is 56.7 Å². The van der Waals surface area contributed by atoms with Crippen molar-refractivity contribution in [3.05, 3.63) is 11.6 Å². The van der Waals surface area contributed by atoms with Gasteiger partial charge in [-0.05, 0) is 123 Å². The molecule has 3 unspecified atom stereocenters.